The van der Waals surface area contributed by atoms with Gasteiger partial charge in [0.1, 0.15) is 5.82 Å². The van der Waals surface area contributed by atoms with Gasteiger partial charge in [-0.25, -0.2) is 4.39 Å². The summed E-state index contributed by atoms with van der Waals surface area (Å²) in [6, 6.07) is 4.62. The monoisotopic (exact) mass is 259 g/mol. The van der Waals surface area contributed by atoms with Gasteiger partial charge in [-0.15, -0.1) is 0 Å². The van der Waals surface area contributed by atoms with Crippen LogP contribution in [0.5, 0.6) is 0 Å². The number of halogens is 2. The molecule has 0 saturated heterocycles. The van der Waals surface area contributed by atoms with Gasteiger partial charge in [0.05, 0.1) is 11.1 Å². The zero-order chi connectivity index (χ0) is 12.8. The third-order valence-corrected chi connectivity index (χ3v) is 2.69. The quantitative estimate of drug-likeness (QED) is 0.823. The number of hydrogen-bond acceptors (Lipinski definition) is 2. The average molecular weight is 260 g/mol. The van der Waals surface area contributed by atoms with Gasteiger partial charge < -0.3 is 10.4 Å². The molecule has 1 atom stereocenters. The van der Waals surface area contributed by atoms with Gasteiger partial charge in [-0.1, -0.05) is 31.5 Å². The SMILES string of the molecule is CC(C)CNCC(O)Cc1ccc(Cl)c(F)c1. The molecule has 0 heterocycles. The van der Waals surface area contributed by atoms with Crippen molar-refractivity contribution in [2.75, 3.05) is 13.1 Å². The predicted molar refractivity (Wildman–Crippen MR) is 68.8 cm³/mol. The van der Waals surface area contributed by atoms with Gasteiger partial charge in [0, 0.05) is 6.54 Å². The maximum absolute atomic E-state index is 13.2. The summed E-state index contributed by atoms with van der Waals surface area (Å²) in [7, 11) is 0. The van der Waals surface area contributed by atoms with Crippen molar-refractivity contribution in [2.45, 2.75) is 26.4 Å². The van der Waals surface area contributed by atoms with E-state index in [4.69, 9.17) is 11.6 Å². The minimum atomic E-state index is -0.505. The normalized spacial score (nSPS) is 13.1. The van der Waals surface area contributed by atoms with E-state index in [0.29, 0.717) is 18.9 Å². The highest BCUT2D eigenvalue weighted by molar-refractivity contribution is 6.30. The Bertz CT molecular complexity index is 357. The van der Waals surface area contributed by atoms with Crippen LogP contribution in [-0.2, 0) is 6.42 Å². The lowest BCUT2D eigenvalue weighted by atomic mass is 10.1. The number of aliphatic hydroxyl groups excluding tert-OH is 1. The lowest BCUT2D eigenvalue weighted by Crippen LogP contribution is -2.30. The fourth-order valence-electron chi connectivity index (χ4n) is 1.55. The van der Waals surface area contributed by atoms with E-state index in [9.17, 15) is 9.50 Å². The van der Waals surface area contributed by atoms with E-state index in [1.165, 1.54) is 12.1 Å². The lowest BCUT2D eigenvalue weighted by Gasteiger charge is -2.13. The standard InChI is InChI=1S/C13H19ClFNO/c1-9(2)7-16-8-11(17)5-10-3-4-12(14)13(15)6-10/h3-4,6,9,11,16-17H,5,7-8H2,1-2H3. The number of aliphatic hydroxyl groups is 1. The van der Waals surface area contributed by atoms with Crippen LogP contribution >= 0.6 is 11.6 Å². The van der Waals surface area contributed by atoms with Crippen LogP contribution in [0.15, 0.2) is 18.2 Å². The van der Waals surface area contributed by atoms with Gasteiger partial charge in [0.15, 0.2) is 0 Å². The van der Waals surface area contributed by atoms with E-state index in [0.717, 1.165) is 12.1 Å². The van der Waals surface area contributed by atoms with E-state index in [2.05, 4.69) is 19.2 Å². The van der Waals surface area contributed by atoms with E-state index in [1.807, 2.05) is 0 Å². The third kappa shape index (κ3) is 5.48. The Kier molecular flexibility index (Phi) is 5.89. The highest BCUT2D eigenvalue weighted by atomic mass is 35.5. The second kappa shape index (κ2) is 6.94. The van der Waals surface area contributed by atoms with E-state index >= 15 is 0 Å². The summed E-state index contributed by atoms with van der Waals surface area (Å²) in [5.74, 6) is 0.113. The Balaban J connectivity index is 2.39. The molecule has 17 heavy (non-hydrogen) atoms. The zero-order valence-corrected chi connectivity index (χ0v) is 11.0. The van der Waals surface area contributed by atoms with Crippen molar-refractivity contribution in [3.05, 3.63) is 34.6 Å². The fraction of sp³-hybridized carbons (Fsp3) is 0.538. The Labute approximate surface area is 107 Å². The summed E-state index contributed by atoms with van der Waals surface area (Å²) >= 11 is 5.59. The number of benzene rings is 1. The van der Waals surface area contributed by atoms with Gasteiger partial charge in [0.2, 0.25) is 0 Å². The highest BCUT2D eigenvalue weighted by Gasteiger charge is 2.07. The number of rotatable bonds is 6. The Morgan fingerprint density at radius 1 is 1.35 bits per heavy atom. The Hall–Kier alpha value is -0.640. The Morgan fingerprint density at radius 3 is 2.65 bits per heavy atom. The highest BCUT2D eigenvalue weighted by Crippen LogP contribution is 2.16. The molecule has 0 aliphatic carbocycles. The molecule has 0 radical (unpaired) electrons. The fourth-order valence-corrected chi connectivity index (χ4v) is 1.67. The summed E-state index contributed by atoms with van der Waals surface area (Å²) in [5, 5.41) is 13.0. The summed E-state index contributed by atoms with van der Waals surface area (Å²) in [6.07, 6.45) is -0.0755. The second-order valence-electron chi connectivity index (χ2n) is 4.66. The molecule has 0 saturated carbocycles. The number of nitrogens with one attached hydrogen (secondary N) is 1. The Morgan fingerprint density at radius 2 is 2.06 bits per heavy atom. The van der Waals surface area contributed by atoms with Crippen molar-refractivity contribution >= 4 is 11.6 Å². The molecular weight excluding hydrogens is 241 g/mol. The van der Waals surface area contributed by atoms with Crippen molar-refractivity contribution in [3.63, 3.8) is 0 Å². The van der Waals surface area contributed by atoms with Gasteiger partial charge in [-0.3, -0.25) is 0 Å². The molecule has 0 bridgehead atoms. The molecule has 0 aromatic heterocycles. The van der Waals surface area contributed by atoms with Crippen LogP contribution in [0, 0.1) is 11.7 Å². The average Bonchev–Trinajstić information content (AvgIpc) is 2.23. The molecule has 4 heteroatoms. The molecule has 0 aliphatic rings. The second-order valence-corrected chi connectivity index (χ2v) is 5.07. The number of hydrogen-bond donors (Lipinski definition) is 2. The summed E-state index contributed by atoms with van der Waals surface area (Å²) in [5.41, 5.74) is 0.755. The van der Waals surface area contributed by atoms with Crippen LogP contribution < -0.4 is 5.32 Å². The molecule has 0 spiro atoms. The molecule has 0 fully saturated rings. The van der Waals surface area contributed by atoms with Crippen LogP contribution in [0.4, 0.5) is 4.39 Å². The van der Waals surface area contributed by atoms with Gasteiger partial charge >= 0.3 is 0 Å². The molecular formula is C13H19ClFNO. The van der Waals surface area contributed by atoms with Crippen LogP contribution in [0.1, 0.15) is 19.4 Å². The first-order valence-electron chi connectivity index (χ1n) is 5.81. The van der Waals surface area contributed by atoms with Gasteiger partial charge in [0.25, 0.3) is 0 Å². The molecule has 0 aliphatic heterocycles. The molecule has 2 nitrogen and oxygen atoms in total. The largest absolute Gasteiger partial charge is 0.391 e. The van der Waals surface area contributed by atoms with E-state index in [-0.39, 0.29) is 5.02 Å². The van der Waals surface area contributed by atoms with Crippen LogP contribution in [-0.4, -0.2) is 24.3 Å². The minimum absolute atomic E-state index is 0.112. The third-order valence-electron chi connectivity index (χ3n) is 2.39. The van der Waals surface area contributed by atoms with Crippen LogP contribution in [0.25, 0.3) is 0 Å². The zero-order valence-electron chi connectivity index (χ0n) is 10.2. The molecule has 96 valence electrons. The van der Waals surface area contributed by atoms with Gasteiger partial charge in [-0.05, 0) is 36.6 Å². The molecule has 1 rings (SSSR count). The van der Waals surface area contributed by atoms with Crippen molar-refractivity contribution in [1.29, 1.82) is 0 Å². The molecule has 1 aromatic carbocycles. The topological polar surface area (TPSA) is 32.3 Å². The van der Waals surface area contributed by atoms with Crippen LogP contribution in [0.3, 0.4) is 0 Å². The molecule has 2 N–H and O–H groups in total. The maximum Gasteiger partial charge on any atom is 0.142 e. The maximum atomic E-state index is 13.2. The molecule has 1 aromatic rings. The first kappa shape index (κ1) is 14.4. The van der Waals surface area contributed by atoms with Crippen LogP contribution in [0.2, 0.25) is 5.02 Å². The van der Waals surface area contributed by atoms with E-state index < -0.39 is 11.9 Å². The molecule has 0 amide bonds. The first-order valence-corrected chi connectivity index (χ1v) is 6.19. The van der Waals surface area contributed by atoms with Crippen molar-refractivity contribution in [2.24, 2.45) is 5.92 Å². The van der Waals surface area contributed by atoms with Crippen molar-refractivity contribution < 1.29 is 9.50 Å². The smallest absolute Gasteiger partial charge is 0.142 e. The summed E-state index contributed by atoms with van der Waals surface area (Å²) in [6.45, 7) is 5.59. The summed E-state index contributed by atoms with van der Waals surface area (Å²) in [4.78, 5) is 0. The minimum Gasteiger partial charge on any atom is -0.391 e. The first-order chi connectivity index (χ1) is 7.99. The van der Waals surface area contributed by atoms with Gasteiger partial charge in [-0.2, -0.15) is 0 Å². The van der Waals surface area contributed by atoms with E-state index in [1.54, 1.807) is 6.07 Å². The van der Waals surface area contributed by atoms with Crippen molar-refractivity contribution in [1.82, 2.24) is 5.32 Å². The molecule has 1 unspecified atom stereocenters. The lowest BCUT2D eigenvalue weighted by molar-refractivity contribution is 0.170. The van der Waals surface area contributed by atoms with Crippen molar-refractivity contribution in [3.8, 4) is 0 Å². The summed E-state index contributed by atoms with van der Waals surface area (Å²) < 4.78 is 13.2. The predicted octanol–water partition coefficient (Wildman–Crippen LogP) is 2.63.